The van der Waals surface area contributed by atoms with Gasteiger partial charge in [0.15, 0.2) is 0 Å². The lowest BCUT2D eigenvalue weighted by Crippen LogP contribution is -2.25. The third-order valence-corrected chi connectivity index (χ3v) is 5.76. The van der Waals surface area contributed by atoms with Crippen molar-refractivity contribution in [2.75, 3.05) is 20.3 Å². The van der Waals surface area contributed by atoms with Crippen LogP contribution in [0.2, 0.25) is 5.02 Å². The summed E-state index contributed by atoms with van der Waals surface area (Å²) in [5.41, 5.74) is 1.93. The molecule has 0 aliphatic carbocycles. The van der Waals surface area contributed by atoms with Gasteiger partial charge in [-0.2, -0.15) is 0 Å². The van der Waals surface area contributed by atoms with E-state index in [-0.39, 0.29) is 10.9 Å². The van der Waals surface area contributed by atoms with E-state index in [0.717, 1.165) is 5.56 Å². The maximum atomic E-state index is 12.5. The van der Waals surface area contributed by atoms with Crippen molar-refractivity contribution in [1.82, 2.24) is 10.3 Å². The van der Waals surface area contributed by atoms with Crippen LogP contribution in [0.3, 0.4) is 0 Å². The van der Waals surface area contributed by atoms with Crippen LogP contribution in [-0.4, -0.2) is 42.2 Å². The number of aromatic nitrogens is 1. The molecule has 0 saturated heterocycles. The Bertz CT molecular complexity index is 1200. The number of methoxy groups -OCH3 is 1. The third kappa shape index (κ3) is 5.23. The van der Waals surface area contributed by atoms with Crippen LogP contribution in [0.1, 0.15) is 33.8 Å². The number of aliphatic carboxylic acids is 1. The molecule has 4 rings (SSSR count). The van der Waals surface area contributed by atoms with Crippen molar-refractivity contribution < 1.29 is 28.9 Å². The second-order valence-corrected chi connectivity index (χ2v) is 8.06. The summed E-state index contributed by atoms with van der Waals surface area (Å²) in [6, 6.07) is 13.5. The van der Waals surface area contributed by atoms with E-state index in [9.17, 15) is 14.7 Å². The molecule has 0 spiro atoms. The van der Waals surface area contributed by atoms with Crippen molar-refractivity contribution in [3.63, 3.8) is 0 Å². The first-order valence-corrected chi connectivity index (χ1v) is 11.1. The number of ether oxygens (including phenoxy) is 3. The van der Waals surface area contributed by atoms with E-state index in [2.05, 4.69) is 10.3 Å². The number of hydrogen-bond acceptors (Lipinski definition) is 6. The summed E-state index contributed by atoms with van der Waals surface area (Å²) in [4.78, 5) is 28.1. The van der Waals surface area contributed by atoms with Crippen molar-refractivity contribution in [3.05, 3.63) is 76.4 Å². The van der Waals surface area contributed by atoms with E-state index in [0.29, 0.717) is 60.2 Å². The van der Waals surface area contributed by atoms with Gasteiger partial charge >= 0.3 is 5.97 Å². The topological polar surface area (TPSA) is 107 Å². The summed E-state index contributed by atoms with van der Waals surface area (Å²) >= 11 is 6.34. The summed E-state index contributed by atoms with van der Waals surface area (Å²) in [5.74, 6) is 0.0184. The minimum atomic E-state index is -0.914. The molecule has 2 heterocycles. The molecule has 0 radical (unpaired) electrons. The molecule has 8 nitrogen and oxygen atoms in total. The standard InChI is InChI=1S/C25H23ClN2O6/c1-32-24-16(3-2-10-28-24)8-11-27-23(29)15-4-6-17(7-5-15)34-22-14-21-19(13-20(22)26)18(25(30)31)9-12-33-21/h2-7,10,13-14,18H,8-9,11-12H2,1H3,(H,27,29)(H,30,31). The molecule has 0 bridgehead atoms. The van der Waals surface area contributed by atoms with Crippen molar-refractivity contribution in [2.24, 2.45) is 0 Å². The number of amides is 1. The number of pyridine rings is 1. The zero-order chi connectivity index (χ0) is 24.1. The Kier molecular flexibility index (Phi) is 7.18. The molecule has 0 fully saturated rings. The Balaban J connectivity index is 1.38. The van der Waals surface area contributed by atoms with Crippen LogP contribution >= 0.6 is 11.6 Å². The highest BCUT2D eigenvalue weighted by atomic mass is 35.5. The molecule has 2 aromatic carbocycles. The van der Waals surface area contributed by atoms with Gasteiger partial charge in [0.25, 0.3) is 5.91 Å². The summed E-state index contributed by atoms with van der Waals surface area (Å²) in [7, 11) is 1.56. The highest BCUT2D eigenvalue weighted by Gasteiger charge is 2.29. The molecule has 1 aromatic heterocycles. The number of carboxylic acid groups (broad SMARTS) is 1. The summed E-state index contributed by atoms with van der Waals surface area (Å²) in [6.45, 7) is 0.740. The van der Waals surface area contributed by atoms with E-state index >= 15 is 0 Å². The molecule has 1 aliphatic heterocycles. The van der Waals surface area contributed by atoms with Gasteiger partial charge in [-0.3, -0.25) is 9.59 Å². The SMILES string of the molecule is COc1ncccc1CCNC(=O)c1ccc(Oc2cc3c(cc2Cl)C(C(=O)O)CCO3)cc1. The normalized spacial score (nSPS) is 14.5. The molecule has 9 heteroatoms. The monoisotopic (exact) mass is 482 g/mol. The molecule has 1 atom stereocenters. The van der Waals surface area contributed by atoms with E-state index in [1.54, 1.807) is 49.7 Å². The number of carboxylic acids is 1. The van der Waals surface area contributed by atoms with Crippen LogP contribution in [0.4, 0.5) is 0 Å². The summed E-state index contributed by atoms with van der Waals surface area (Å²) in [5, 5.41) is 12.6. The van der Waals surface area contributed by atoms with Crippen molar-refractivity contribution in [1.29, 1.82) is 0 Å². The van der Waals surface area contributed by atoms with Crippen LogP contribution in [-0.2, 0) is 11.2 Å². The molecule has 34 heavy (non-hydrogen) atoms. The van der Waals surface area contributed by atoms with Gasteiger partial charge in [0.05, 0.1) is 24.7 Å². The Hall–Kier alpha value is -3.78. The zero-order valence-corrected chi connectivity index (χ0v) is 19.2. The van der Waals surface area contributed by atoms with Gasteiger partial charge in [-0.25, -0.2) is 4.98 Å². The first-order chi connectivity index (χ1) is 16.5. The van der Waals surface area contributed by atoms with Gasteiger partial charge in [0.1, 0.15) is 17.2 Å². The van der Waals surface area contributed by atoms with E-state index < -0.39 is 11.9 Å². The lowest BCUT2D eigenvalue weighted by Gasteiger charge is -2.24. The second-order valence-electron chi connectivity index (χ2n) is 7.65. The van der Waals surface area contributed by atoms with E-state index in [1.165, 1.54) is 0 Å². The molecule has 1 amide bonds. The molecular weight excluding hydrogens is 460 g/mol. The predicted octanol–water partition coefficient (Wildman–Crippen LogP) is 4.46. The number of benzene rings is 2. The highest BCUT2D eigenvalue weighted by Crippen LogP contribution is 2.41. The number of hydrogen-bond donors (Lipinski definition) is 2. The van der Waals surface area contributed by atoms with Gasteiger partial charge in [-0.15, -0.1) is 0 Å². The molecule has 1 aliphatic rings. The number of rotatable bonds is 8. The number of fused-ring (bicyclic) bond motifs is 1. The maximum absolute atomic E-state index is 12.5. The Morgan fingerprint density at radius 3 is 2.76 bits per heavy atom. The van der Waals surface area contributed by atoms with Crippen molar-refractivity contribution >= 4 is 23.5 Å². The fourth-order valence-electron chi connectivity index (χ4n) is 3.74. The molecule has 2 N–H and O–H groups in total. The summed E-state index contributed by atoms with van der Waals surface area (Å²) in [6.07, 6.45) is 2.63. The molecule has 0 saturated carbocycles. The van der Waals surface area contributed by atoms with Crippen LogP contribution in [0.25, 0.3) is 0 Å². The quantitative estimate of drug-likeness (QED) is 0.488. The minimum Gasteiger partial charge on any atom is -0.493 e. The number of halogens is 1. The fourth-order valence-corrected chi connectivity index (χ4v) is 3.95. The first kappa shape index (κ1) is 23.4. The van der Waals surface area contributed by atoms with E-state index in [4.69, 9.17) is 25.8 Å². The van der Waals surface area contributed by atoms with Crippen LogP contribution in [0.15, 0.2) is 54.7 Å². The van der Waals surface area contributed by atoms with Gasteiger partial charge in [0, 0.05) is 35.5 Å². The number of carbonyl (C=O) groups is 2. The lowest BCUT2D eigenvalue weighted by atomic mass is 9.93. The largest absolute Gasteiger partial charge is 0.493 e. The van der Waals surface area contributed by atoms with Crippen molar-refractivity contribution in [3.8, 4) is 23.1 Å². The number of carbonyl (C=O) groups excluding carboxylic acids is 1. The van der Waals surface area contributed by atoms with E-state index in [1.807, 2.05) is 12.1 Å². The minimum absolute atomic E-state index is 0.214. The smallest absolute Gasteiger partial charge is 0.311 e. The molecule has 3 aromatic rings. The van der Waals surface area contributed by atoms with Crippen LogP contribution in [0.5, 0.6) is 23.1 Å². The van der Waals surface area contributed by atoms with Gasteiger partial charge in [-0.05, 0) is 49.2 Å². The van der Waals surface area contributed by atoms with Crippen LogP contribution < -0.4 is 19.5 Å². The fraction of sp³-hybridized carbons (Fsp3) is 0.240. The average molecular weight is 483 g/mol. The first-order valence-electron chi connectivity index (χ1n) is 10.7. The van der Waals surface area contributed by atoms with Crippen molar-refractivity contribution in [2.45, 2.75) is 18.8 Å². The third-order valence-electron chi connectivity index (χ3n) is 5.47. The second kappa shape index (κ2) is 10.4. The van der Waals surface area contributed by atoms with Crippen LogP contribution in [0, 0.1) is 0 Å². The lowest BCUT2D eigenvalue weighted by molar-refractivity contribution is -0.139. The molecule has 176 valence electrons. The number of nitrogens with zero attached hydrogens (tertiary/aromatic N) is 1. The highest BCUT2D eigenvalue weighted by molar-refractivity contribution is 6.32. The maximum Gasteiger partial charge on any atom is 0.311 e. The Labute approximate surface area is 201 Å². The number of nitrogens with one attached hydrogen (secondary N) is 1. The van der Waals surface area contributed by atoms with Gasteiger partial charge in [-0.1, -0.05) is 17.7 Å². The Morgan fingerprint density at radius 2 is 2.03 bits per heavy atom. The van der Waals surface area contributed by atoms with Gasteiger partial charge < -0.3 is 24.6 Å². The molecule has 1 unspecified atom stereocenters. The predicted molar refractivity (Wildman–Crippen MR) is 125 cm³/mol. The van der Waals surface area contributed by atoms with Gasteiger partial charge in [0.2, 0.25) is 5.88 Å². The Morgan fingerprint density at radius 1 is 1.24 bits per heavy atom. The zero-order valence-electron chi connectivity index (χ0n) is 18.4. The summed E-state index contributed by atoms with van der Waals surface area (Å²) < 4.78 is 16.7. The molecular formula is C25H23ClN2O6. The average Bonchev–Trinajstić information content (AvgIpc) is 2.84.